The van der Waals surface area contributed by atoms with Gasteiger partial charge in [-0.25, -0.2) is 4.39 Å². The van der Waals surface area contributed by atoms with Gasteiger partial charge in [-0.2, -0.15) is 0 Å². The summed E-state index contributed by atoms with van der Waals surface area (Å²) in [4.78, 5) is 5.34. The van der Waals surface area contributed by atoms with Gasteiger partial charge in [-0.1, -0.05) is 6.07 Å². The van der Waals surface area contributed by atoms with Crippen LogP contribution in [0.2, 0.25) is 0 Å². The van der Waals surface area contributed by atoms with Crippen LogP contribution >= 0.6 is 11.8 Å². The smallest absolute Gasteiger partial charge is 0.193 e. The van der Waals surface area contributed by atoms with Gasteiger partial charge in [0, 0.05) is 23.2 Å². The standard InChI is InChI=1S/C17H20FN3OS/c1-22-15-5-2-4-14(12-15)21-17(19)20-10-3-11-23-16-8-6-13(18)7-9-16/h2,4-9,12H,3,10-11H2,1H3,(H3,19,20,21). The molecule has 0 aliphatic heterocycles. The molecule has 0 aliphatic carbocycles. The van der Waals surface area contributed by atoms with Crippen molar-refractivity contribution in [1.29, 1.82) is 0 Å². The first kappa shape index (κ1) is 17.1. The maximum absolute atomic E-state index is 12.8. The summed E-state index contributed by atoms with van der Waals surface area (Å²) in [5, 5.41) is 3.03. The molecule has 0 amide bonds. The highest BCUT2D eigenvalue weighted by Gasteiger charge is 1.98. The number of methoxy groups -OCH3 is 1. The number of nitrogens with zero attached hydrogens (tertiary/aromatic N) is 1. The summed E-state index contributed by atoms with van der Waals surface area (Å²) >= 11 is 1.68. The van der Waals surface area contributed by atoms with Crippen molar-refractivity contribution in [3.8, 4) is 5.75 Å². The fraction of sp³-hybridized carbons (Fsp3) is 0.235. The number of halogens is 1. The highest BCUT2D eigenvalue weighted by molar-refractivity contribution is 7.99. The Morgan fingerprint density at radius 3 is 2.78 bits per heavy atom. The number of guanidine groups is 1. The van der Waals surface area contributed by atoms with Crippen LogP contribution in [0.5, 0.6) is 5.75 Å². The first-order valence-corrected chi connectivity index (χ1v) is 8.25. The third-order valence-electron chi connectivity index (χ3n) is 3.01. The maximum Gasteiger partial charge on any atom is 0.193 e. The van der Waals surface area contributed by atoms with Crippen molar-refractivity contribution in [2.75, 3.05) is 24.7 Å². The lowest BCUT2D eigenvalue weighted by Gasteiger charge is -2.07. The topological polar surface area (TPSA) is 59.6 Å². The van der Waals surface area contributed by atoms with Crippen molar-refractivity contribution in [3.63, 3.8) is 0 Å². The summed E-state index contributed by atoms with van der Waals surface area (Å²) in [6, 6.07) is 14.0. The molecule has 4 nitrogen and oxygen atoms in total. The van der Waals surface area contributed by atoms with Gasteiger partial charge >= 0.3 is 0 Å². The number of nitrogens with two attached hydrogens (primary N) is 1. The predicted molar refractivity (Wildman–Crippen MR) is 94.8 cm³/mol. The van der Waals surface area contributed by atoms with Gasteiger partial charge in [0.05, 0.1) is 7.11 Å². The van der Waals surface area contributed by atoms with Gasteiger partial charge in [0.15, 0.2) is 5.96 Å². The Labute approximate surface area is 140 Å². The first-order chi connectivity index (χ1) is 11.2. The molecule has 0 aliphatic rings. The largest absolute Gasteiger partial charge is 0.497 e. The summed E-state index contributed by atoms with van der Waals surface area (Å²) in [5.41, 5.74) is 6.70. The zero-order valence-corrected chi connectivity index (χ0v) is 13.8. The number of anilines is 1. The summed E-state index contributed by atoms with van der Waals surface area (Å²) < 4.78 is 17.9. The van der Waals surface area contributed by atoms with Gasteiger partial charge in [0.25, 0.3) is 0 Å². The SMILES string of the molecule is COc1cccc(NC(N)=NCCCSc2ccc(F)cc2)c1. The van der Waals surface area contributed by atoms with E-state index in [-0.39, 0.29) is 5.82 Å². The Morgan fingerprint density at radius 1 is 1.26 bits per heavy atom. The number of benzene rings is 2. The van der Waals surface area contributed by atoms with Crippen LogP contribution in [-0.4, -0.2) is 25.4 Å². The molecule has 2 aromatic rings. The fourth-order valence-corrected chi connectivity index (χ4v) is 2.71. The molecule has 0 fully saturated rings. The molecule has 0 aromatic heterocycles. The quantitative estimate of drug-likeness (QED) is 0.351. The Hall–Kier alpha value is -2.21. The molecule has 0 bridgehead atoms. The molecule has 0 unspecified atom stereocenters. The summed E-state index contributed by atoms with van der Waals surface area (Å²) in [6.45, 7) is 0.636. The van der Waals surface area contributed by atoms with Gasteiger partial charge in [0.2, 0.25) is 0 Å². The van der Waals surface area contributed by atoms with Gasteiger partial charge < -0.3 is 15.8 Å². The lowest BCUT2D eigenvalue weighted by Crippen LogP contribution is -2.22. The minimum absolute atomic E-state index is 0.213. The molecule has 0 atom stereocenters. The summed E-state index contributed by atoms with van der Waals surface area (Å²) in [7, 11) is 1.62. The monoisotopic (exact) mass is 333 g/mol. The predicted octanol–water partition coefficient (Wildman–Crippen LogP) is 3.74. The molecule has 0 saturated heterocycles. The Bertz CT molecular complexity index is 647. The normalized spacial score (nSPS) is 11.3. The van der Waals surface area contributed by atoms with Crippen molar-refractivity contribution >= 4 is 23.4 Å². The van der Waals surface area contributed by atoms with Crippen LogP contribution in [0.4, 0.5) is 10.1 Å². The second-order valence-corrected chi connectivity index (χ2v) is 5.95. The lowest BCUT2D eigenvalue weighted by atomic mass is 10.3. The molecule has 0 spiro atoms. The molecule has 0 heterocycles. The van der Waals surface area contributed by atoms with Gasteiger partial charge in [-0.05, 0) is 48.6 Å². The number of aliphatic imine (C=N–C) groups is 1. The molecular formula is C17H20FN3OS. The van der Waals surface area contributed by atoms with Crippen LogP contribution in [0, 0.1) is 5.82 Å². The van der Waals surface area contributed by atoms with Crippen LogP contribution < -0.4 is 15.8 Å². The number of ether oxygens (including phenoxy) is 1. The van der Waals surface area contributed by atoms with E-state index in [1.807, 2.05) is 24.3 Å². The second-order valence-electron chi connectivity index (χ2n) is 4.78. The lowest BCUT2D eigenvalue weighted by molar-refractivity contribution is 0.415. The number of nitrogens with one attached hydrogen (secondary N) is 1. The van der Waals surface area contributed by atoms with Gasteiger partial charge in [-0.15, -0.1) is 11.8 Å². The number of rotatable bonds is 7. The number of hydrogen-bond donors (Lipinski definition) is 2. The molecule has 2 rings (SSSR count). The van der Waals surface area contributed by atoms with E-state index in [1.54, 1.807) is 31.0 Å². The van der Waals surface area contributed by atoms with Gasteiger partial charge in [0.1, 0.15) is 11.6 Å². The van der Waals surface area contributed by atoms with Gasteiger partial charge in [-0.3, -0.25) is 4.99 Å². The third kappa shape index (κ3) is 6.20. The Balaban J connectivity index is 1.71. The maximum atomic E-state index is 12.8. The van der Waals surface area contributed by atoms with Crippen molar-refractivity contribution < 1.29 is 9.13 Å². The van der Waals surface area contributed by atoms with Crippen LogP contribution in [0.1, 0.15) is 6.42 Å². The van der Waals surface area contributed by atoms with Crippen LogP contribution in [0.3, 0.4) is 0 Å². The minimum atomic E-state index is -0.213. The molecule has 122 valence electrons. The minimum Gasteiger partial charge on any atom is -0.497 e. The van der Waals surface area contributed by atoms with E-state index in [2.05, 4.69) is 10.3 Å². The molecule has 2 aromatic carbocycles. The van der Waals surface area contributed by atoms with E-state index in [0.717, 1.165) is 28.5 Å². The summed E-state index contributed by atoms with van der Waals surface area (Å²) in [5.74, 6) is 1.83. The van der Waals surface area contributed by atoms with E-state index >= 15 is 0 Å². The molecule has 6 heteroatoms. The highest BCUT2D eigenvalue weighted by atomic mass is 32.2. The average molecular weight is 333 g/mol. The zero-order valence-electron chi connectivity index (χ0n) is 13.0. The van der Waals surface area contributed by atoms with E-state index in [4.69, 9.17) is 10.5 Å². The first-order valence-electron chi connectivity index (χ1n) is 7.27. The van der Waals surface area contributed by atoms with Crippen LogP contribution in [-0.2, 0) is 0 Å². The van der Waals surface area contributed by atoms with E-state index in [0.29, 0.717) is 12.5 Å². The Kier molecular flexibility index (Phi) is 6.75. The van der Waals surface area contributed by atoms with Crippen LogP contribution in [0.15, 0.2) is 58.4 Å². The number of thioether (sulfide) groups is 1. The van der Waals surface area contributed by atoms with E-state index in [9.17, 15) is 4.39 Å². The average Bonchev–Trinajstić information content (AvgIpc) is 2.56. The highest BCUT2D eigenvalue weighted by Crippen LogP contribution is 2.19. The molecular weight excluding hydrogens is 313 g/mol. The molecule has 0 radical (unpaired) electrons. The van der Waals surface area contributed by atoms with Crippen molar-refractivity contribution in [1.82, 2.24) is 0 Å². The van der Waals surface area contributed by atoms with E-state index < -0.39 is 0 Å². The zero-order chi connectivity index (χ0) is 16.5. The van der Waals surface area contributed by atoms with E-state index in [1.165, 1.54) is 12.1 Å². The molecule has 3 N–H and O–H groups in total. The third-order valence-corrected chi connectivity index (χ3v) is 4.11. The fourth-order valence-electron chi connectivity index (χ4n) is 1.87. The summed E-state index contributed by atoms with van der Waals surface area (Å²) in [6.07, 6.45) is 0.891. The number of hydrogen-bond acceptors (Lipinski definition) is 3. The molecule has 0 saturated carbocycles. The van der Waals surface area contributed by atoms with Crippen LogP contribution in [0.25, 0.3) is 0 Å². The van der Waals surface area contributed by atoms with Crippen molar-refractivity contribution in [2.24, 2.45) is 10.7 Å². The van der Waals surface area contributed by atoms with Crippen molar-refractivity contribution in [3.05, 3.63) is 54.3 Å². The molecule has 23 heavy (non-hydrogen) atoms. The Morgan fingerprint density at radius 2 is 2.04 bits per heavy atom. The van der Waals surface area contributed by atoms with Crippen molar-refractivity contribution in [2.45, 2.75) is 11.3 Å². The second kappa shape index (κ2) is 9.05.